The van der Waals surface area contributed by atoms with E-state index in [0.717, 1.165) is 23.6 Å². The van der Waals surface area contributed by atoms with Crippen LogP contribution < -0.4 is 10.1 Å². The van der Waals surface area contributed by atoms with Crippen molar-refractivity contribution in [1.82, 2.24) is 9.78 Å². The van der Waals surface area contributed by atoms with E-state index in [1.807, 2.05) is 0 Å². The van der Waals surface area contributed by atoms with Crippen molar-refractivity contribution in [3.05, 3.63) is 41.7 Å². The van der Waals surface area contributed by atoms with Gasteiger partial charge in [-0.25, -0.2) is 0 Å². The second-order valence-electron chi connectivity index (χ2n) is 6.21. The van der Waals surface area contributed by atoms with Gasteiger partial charge in [0, 0.05) is 11.6 Å². The fourth-order valence-electron chi connectivity index (χ4n) is 2.66. The second-order valence-corrected chi connectivity index (χ2v) is 6.21. The highest BCUT2D eigenvalue weighted by Gasteiger charge is 2.39. The summed E-state index contributed by atoms with van der Waals surface area (Å²) in [6.07, 6.45) is -3.17. The molecule has 3 rings (SSSR count). The van der Waals surface area contributed by atoms with Crippen molar-refractivity contribution < 1.29 is 31.5 Å². The summed E-state index contributed by atoms with van der Waals surface area (Å²) in [5, 5.41) is 5.97. The van der Waals surface area contributed by atoms with Crippen LogP contribution in [0.25, 0.3) is 0 Å². The number of para-hydroxylation sites is 2. The minimum atomic E-state index is -4.62. The van der Waals surface area contributed by atoms with Crippen LogP contribution in [0.15, 0.2) is 30.3 Å². The molecule has 1 saturated carbocycles. The Kier molecular flexibility index (Phi) is 5.07. The Morgan fingerprint density at radius 3 is 2.56 bits per heavy atom. The molecule has 0 radical (unpaired) electrons. The SMILES string of the molecule is CC(C(=O)Nc1ccccc1OC(F)F)n1nc(C(F)(F)F)cc1C1CC1. The van der Waals surface area contributed by atoms with Crippen molar-refractivity contribution in [2.24, 2.45) is 0 Å². The molecule has 1 amide bonds. The first-order chi connectivity index (χ1) is 12.7. The van der Waals surface area contributed by atoms with Crippen molar-refractivity contribution in [2.45, 2.75) is 44.5 Å². The number of amides is 1. The van der Waals surface area contributed by atoms with Crippen molar-refractivity contribution in [2.75, 3.05) is 5.32 Å². The standard InChI is InChI=1S/C17H16F5N3O2/c1-9(15(26)23-11-4-2-3-5-13(11)27-16(18)19)25-12(10-6-7-10)8-14(24-25)17(20,21)22/h2-5,8-10,16H,6-7H2,1H3,(H,23,26). The predicted octanol–water partition coefficient (Wildman–Crippen LogP) is 4.58. The Labute approximate surface area is 151 Å². The number of rotatable bonds is 6. The lowest BCUT2D eigenvalue weighted by Crippen LogP contribution is -2.26. The van der Waals surface area contributed by atoms with E-state index in [-0.39, 0.29) is 17.4 Å². The molecule has 1 unspecified atom stereocenters. The van der Waals surface area contributed by atoms with Crippen LogP contribution in [0.2, 0.25) is 0 Å². The highest BCUT2D eigenvalue weighted by atomic mass is 19.4. The van der Waals surface area contributed by atoms with E-state index < -0.39 is 30.4 Å². The summed E-state index contributed by atoms with van der Waals surface area (Å²) in [5.74, 6) is -1.01. The number of anilines is 1. The number of alkyl halides is 5. The molecule has 0 bridgehead atoms. The van der Waals surface area contributed by atoms with E-state index >= 15 is 0 Å². The number of carbonyl (C=O) groups excluding carboxylic acids is 1. The monoisotopic (exact) mass is 389 g/mol. The summed E-state index contributed by atoms with van der Waals surface area (Å²) in [5.41, 5.74) is -0.738. The molecule has 146 valence electrons. The van der Waals surface area contributed by atoms with Crippen LogP contribution in [0.4, 0.5) is 27.6 Å². The van der Waals surface area contributed by atoms with Crippen molar-refractivity contribution in [3.8, 4) is 5.75 Å². The maximum absolute atomic E-state index is 13.0. The highest BCUT2D eigenvalue weighted by molar-refractivity contribution is 5.94. The number of carbonyl (C=O) groups is 1. The van der Waals surface area contributed by atoms with Gasteiger partial charge >= 0.3 is 12.8 Å². The Hall–Kier alpha value is -2.65. The summed E-state index contributed by atoms with van der Waals surface area (Å²) < 4.78 is 69.3. The van der Waals surface area contributed by atoms with Gasteiger partial charge in [-0.3, -0.25) is 9.48 Å². The number of halogens is 5. The number of hydrogen-bond donors (Lipinski definition) is 1. The van der Waals surface area contributed by atoms with Gasteiger partial charge in [0.05, 0.1) is 5.69 Å². The zero-order valence-corrected chi connectivity index (χ0v) is 14.1. The summed E-state index contributed by atoms with van der Waals surface area (Å²) in [6.45, 7) is -1.69. The maximum Gasteiger partial charge on any atom is 0.435 e. The van der Waals surface area contributed by atoms with Crippen molar-refractivity contribution in [1.29, 1.82) is 0 Å². The predicted molar refractivity (Wildman–Crippen MR) is 85.6 cm³/mol. The van der Waals surface area contributed by atoms with Gasteiger partial charge in [-0.1, -0.05) is 12.1 Å². The van der Waals surface area contributed by atoms with Gasteiger partial charge in [-0.2, -0.15) is 27.1 Å². The molecule has 0 aliphatic heterocycles. The Bertz CT molecular complexity index is 830. The van der Waals surface area contributed by atoms with E-state index in [1.165, 1.54) is 31.2 Å². The number of aromatic nitrogens is 2. The normalized spacial score (nSPS) is 15.7. The van der Waals surface area contributed by atoms with Crippen LogP contribution in [-0.4, -0.2) is 22.3 Å². The summed E-state index contributed by atoms with van der Waals surface area (Å²) in [7, 11) is 0. The minimum absolute atomic E-state index is 0.00850. The Balaban J connectivity index is 1.83. The lowest BCUT2D eigenvalue weighted by atomic mass is 10.2. The number of hydrogen-bond acceptors (Lipinski definition) is 3. The first kappa shape index (κ1) is 19.1. The summed E-state index contributed by atoms with van der Waals surface area (Å²) in [4.78, 5) is 12.5. The largest absolute Gasteiger partial charge is 0.435 e. The fourth-order valence-corrected chi connectivity index (χ4v) is 2.66. The zero-order valence-electron chi connectivity index (χ0n) is 14.1. The van der Waals surface area contributed by atoms with Crippen LogP contribution in [-0.2, 0) is 11.0 Å². The third-order valence-electron chi connectivity index (χ3n) is 4.16. The van der Waals surface area contributed by atoms with E-state index in [2.05, 4.69) is 15.2 Å². The van der Waals surface area contributed by atoms with Crippen LogP contribution >= 0.6 is 0 Å². The number of nitrogens with zero attached hydrogens (tertiary/aromatic N) is 2. The molecule has 1 aromatic carbocycles. The highest BCUT2D eigenvalue weighted by Crippen LogP contribution is 2.43. The molecule has 2 aromatic rings. The van der Waals surface area contributed by atoms with Crippen molar-refractivity contribution >= 4 is 11.6 Å². The average molecular weight is 389 g/mol. The zero-order chi connectivity index (χ0) is 19.8. The number of benzene rings is 1. The van der Waals surface area contributed by atoms with Crippen molar-refractivity contribution in [3.63, 3.8) is 0 Å². The molecular formula is C17H16F5N3O2. The smallest absolute Gasteiger partial charge is 0.433 e. The second kappa shape index (κ2) is 7.16. The van der Waals surface area contributed by atoms with Gasteiger partial charge in [0.15, 0.2) is 5.69 Å². The topological polar surface area (TPSA) is 56.1 Å². The minimum Gasteiger partial charge on any atom is -0.433 e. The maximum atomic E-state index is 13.0. The lowest BCUT2D eigenvalue weighted by molar-refractivity contribution is -0.141. The molecule has 1 aliphatic carbocycles. The summed E-state index contributed by atoms with van der Waals surface area (Å²) >= 11 is 0. The van der Waals surface area contributed by atoms with Gasteiger partial charge < -0.3 is 10.1 Å². The quantitative estimate of drug-likeness (QED) is 0.736. The Morgan fingerprint density at radius 1 is 1.30 bits per heavy atom. The molecule has 1 aromatic heterocycles. The molecule has 10 heteroatoms. The van der Waals surface area contributed by atoms with Gasteiger partial charge in [0.2, 0.25) is 5.91 Å². The first-order valence-corrected chi connectivity index (χ1v) is 8.18. The molecule has 0 spiro atoms. The van der Waals surface area contributed by atoms with E-state index in [0.29, 0.717) is 5.69 Å². The molecule has 1 heterocycles. The van der Waals surface area contributed by atoms with E-state index in [1.54, 1.807) is 0 Å². The molecule has 0 saturated heterocycles. The Morgan fingerprint density at radius 2 is 1.96 bits per heavy atom. The molecule has 1 N–H and O–H groups in total. The van der Waals surface area contributed by atoms with Gasteiger partial charge in [0.25, 0.3) is 0 Å². The van der Waals surface area contributed by atoms with Crippen LogP contribution in [0.1, 0.15) is 43.1 Å². The third-order valence-corrected chi connectivity index (χ3v) is 4.16. The molecule has 1 atom stereocenters. The number of nitrogens with one attached hydrogen (secondary N) is 1. The summed E-state index contributed by atoms with van der Waals surface area (Å²) in [6, 6.07) is 5.44. The number of ether oxygens (including phenoxy) is 1. The first-order valence-electron chi connectivity index (χ1n) is 8.18. The third kappa shape index (κ3) is 4.37. The molecule has 5 nitrogen and oxygen atoms in total. The van der Waals surface area contributed by atoms with Gasteiger partial charge in [-0.15, -0.1) is 0 Å². The molecular weight excluding hydrogens is 373 g/mol. The van der Waals surface area contributed by atoms with E-state index in [9.17, 15) is 26.7 Å². The van der Waals surface area contributed by atoms with Gasteiger partial charge in [0.1, 0.15) is 11.8 Å². The molecule has 1 fully saturated rings. The van der Waals surface area contributed by atoms with Crippen LogP contribution in [0.5, 0.6) is 5.75 Å². The molecule has 27 heavy (non-hydrogen) atoms. The van der Waals surface area contributed by atoms with Crippen LogP contribution in [0, 0.1) is 0 Å². The van der Waals surface area contributed by atoms with Crippen LogP contribution in [0.3, 0.4) is 0 Å². The van der Waals surface area contributed by atoms with Gasteiger partial charge in [-0.05, 0) is 38.0 Å². The lowest BCUT2D eigenvalue weighted by Gasteiger charge is -2.17. The average Bonchev–Trinajstić information content (AvgIpc) is 3.32. The molecule has 1 aliphatic rings. The van der Waals surface area contributed by atoms with E-state index in [4.69, 9.17) is 0 Å². The fraction of sp³-hybridized carbons (Fsp3) is 0.412.